The number of aromatic nitrogens is 1. The molecule has 0 bridgehead atoms. The first kappa shape index (κ1) is 23.5. The fourth-order valence-corrected chi connectivity index (χ4v) is 4.88. The van der Waals surface area contributed by atoms with E-state index >= 15 is 0 Å². The highest BCUT2D eigenvalue weighted by Crippen LogP contribution is 2.39. The summed E-state index contributed by atoms with van der Waals surface area (Å²) in [5.41, 5.74) is 1.55. The molecule has 1 aromatic carbocycles. The largest absolute Gasteiger partial charge is 0.481 e. The maximum Gasteiger partial charge on any atom is 0.259 e. The van der Waals surface area contributed by atoms with E-state index in [1.807, 2.05) is 23.1 Å². The summed E-state index contributed by atoms with van der Waals surface area (Å²) in [7, 11) is 3.06. The molecule has 0 radical (unpaired) electrons. The average Bonchev–Trinajstić information content (AvgIpc) is 2.87. The Morgan fingerprint density at radius 3 is 2.64 bits per heavy atom. The summed E-state index contributed by atoms with van der Waals surface area (Å²) in [6, 6.07) is 13.7. The number of ether oxygens (including phenoxy) is 4. The van der Waals surface area contributed by atoms with Crippen LogP contribution in [0, 0.1) is 5.92 Å². The van der Waals surface area contributed by atoms with Crippen LogP contribution in [0.3, 0.4) is 0 Å². The van der Waals surface area contributed by atoms with Crippen LogP contribution in [0.4, 0.5) is 0 Å². The molecule has 0 N–H and O–H groups in total. The summed E-state index contributed by atoms with van der Waals surface area (Å²) in [4.78, 5) is 19.2. The van der Waals surface area contributed by atoms with Gasteiger partial charge in [-0.3, -0.25) is 4.79 Å². The van der Waals surface area contributed by atoms with Gasteiger partial charge >= 0.3 is 0 Å². The number of pyridine rings is 1. The SMILES string of the molecule is COc1ccc(C(=O)N2CCC3(CC2)CC(CCOCc2ccccc2)CCO3)c(OC)n1. The minimum Gasteiger partial charge on any atom is -0.481 e. The second kappa shape index (κ2) is 11.0. The molecule has 4 rings (SSSR count). The van der Waals surface area contributed by atoms with Crippen molar-refractivity contribution in [3.8, 4) is 11.8 Å². The number of hydrogen-bond acceptors (Lipinski definition) is 6. The standard InChI is InChI=1S/C26H34N2O5/c1-30-23-9-8-22(24(27-23)31-2)25(29)28-14-12-26(13-15-28)18-20(11-17-33-26)10-16-32-19-21-6-4-3-5-7-21/h3-9,20H,10-19H2,1-2H3. The van der Waals surface area contributed by atoms with Gasteiger partial charge in [-0.1, -0.05) is 30.3 Å². The van der Waals surface area contributed by atoms with Crippen molar-refractivity contribution in [1.82, 2.24) is 9.88 Å². The van der Waals surface area contributed by atoms with Gasteiger partial charge in [0.2, 0.25) is 11.8 Å². The van der Waals surface area contributed by atoms with E-state index in [0.29, 0.717) is 42.9 Å². The number of hydrogen-bond donors (Lipinski definition) is 0. The van der Waals surface area contributed by atoms with Gasteiger partial charge in [-0.2, -0.15) is 4.98 Å². The van der Waals surface area contributed by atoms with Crippen molar-refractivity contribution in [2.24, 2.45) is 5.92 Å². The predicted octanol–water partition coefficient (Wildman–Crippen LogP) is 4.11. The molecule has 2 aliphatic heterocycles. The number of amides is 1. The fourth-order valence-electron chi connectivity index (χ4n) is 4.88. The lowest BCUT2D eigenvalue weighted by atomic mass is 9.78. The maximum absolute atomic E-state index is 13.1. The number of methoxy groups -OCH3 is 2. The van der Waals surface area contributed by atoms with Crippen LogP contribution in [0.2, 0.25) is 0 Å². The highest BCUT2D eigenvalue weighted by molar-refractivity contribution is 5.96. The number of carbonyl (C=O) groups is 1. The molecule has 1 amide bonds. The zero-order valence-corrected chi connectivity index (χ0v) is 19.6. The van der Waals surface area contributed by atoms with E-state index < -0.39 is 0 Å². The molecule has 7 heteroatoms. The molecular formula is C26H34N2O5. The van der Waals surface area contributed by atoms with E-state index in [4.69, 9.17) is 18.9 Å². The van der Waals surface area contributed by atoms with Crippen LogP contribution >= 0.6 is 0 Å². The fraction of sp³-hybridized carbons (Fsp3) is 0.538. The minimum absolute atomic E-state index is 0.0569. The molecule has 0 aliphatic carbocycles. The lowest BCUT2D eigenvalue weighted by molar-refractivity contribution is -0.126. The van der Waals surface area contributed by atoms with E-state index in [9.17, 15) is 4.79 Å². The number of piperidine rings is 1. The van der Waals surface area contributed by atoms with E-state index in [0.717, 1.165) is 45.3 Å². The Bertz CT molecular complexity index is 912. The number of benzene rings is 1. The van der Waals surface area contributed by atoms with Crippen molar-refractivity contribution in [3.63, 3.8) is 0 Å². The summed E-state index contributed by atoms with van der Waals surface area (Å²) in [6.45, 7) is 3.56. The topological polar surface area (TPSA) is 70.1 Å². The Kier molecular flexibility index (Phi) is 7.83. The third-order valence-corrected chi connectivity index (χ3v) is 6.81. The first-order valence-corrected chi connectivity index (χ1v) is 11.8. The number of carbonyl (C=O) groups excluding carboxylic acids is 1. The van der Waals surface area contributed by atoms with Crippen molar-refractivity contribution >= 4 is 5.91 Å². The van der Waals surface area contributed by atoms with Crippen LogP contribution in [0.5, 0.6) is 11.8 Å². The molecule has 1 atom stereocenters. The van der Waals surface area contributed by atoms with Gasteiger partial charge in [0.1, 0.15) is 5.56 Å². The van der Waals surface area contributed by atoms with Crippen molar-refractivity contribution in [2.45, 2.75) is 44.3 Å². The van der Waals surface area contributed by atoms with Gasteiger partial charge in [0.25, 0.3) is 5.91 Å². The van der Waals surface area contributed by atoms with Gasteiger partial charge < -0.3 is 23.8 Å². The summed E-state index contributed by atoms with van der Waals surface area (Å²) in [5.74, 6) is 1.26. The molecule has 1 unspecified atom stereocenters. The lowest BCUT2D eigenvalue weighted by Gasteiger charge is -2.46. The van der Waals surface area contributed by atoms with E-state index in [1.54, 1.807) is 19.2 Å². The van der Waals surface area contributed by atoms with E-state index in [1.165, 1.54) is 12.7 Å². The first-order valence-electron chi connectivity index (χ1n) is 11.8. The van der Waals surface area contributed by atoms with E-state index in [2.05, 4.69) is 17.1 Å². The van der Waals surface area contributed by atoms with Gasteiger partial charge in [-0.05, 0) is 49.7 Å². The smallest absolute Gasteiger partial charge is 0.259 e. The molecule has 33 heavy (non-hydrogen) atoms. The number of nitrogens with zero attached hydrogens (tertiary/aromatic N) is 2. The van der Waals surface area contributed by atoms with E-state index in [-0.39, 0.29) is 11.5 Å². The quantitative estimate of drug-likeness (QED) is 0.559. The predicted molar refractivity (Wildman–Crippen MR) is 125 cm³/mol. The Hall–Kier alpha value is -2.64. The molecule has 0 saturated carbocycles. The van der Waals surface area contributed by atoms with Crippen LogP contribution in [-0.4, -0.2) is 61.9 Å². The van der Waals surface area contributed by atoms with Crippen molar-refractivity contribution < 1.29 is 23.7 Å². The summed E-state index contributed by atoms with van der Waals surface area (Å²) in [5, 5.41) is 0. The monoisotopic (exact) mass is 454 g/mol. The van der Waals surface area contributed by atoms with Gasteiger partial charge in [0.05, 0.1) is 26.4 Å². The van der Waals surface area contributed by atoms with Crippen molar-refractivity contribution in [2.75, 3.05) is 40.5 Å². The molecule has 2 aromatic rings. The minimum atomic E-state index is -0.124. The van der Waals surface area contributed by atoms with Gasteiger partial charge in [-0.15, -0.1) is 0 Å². The van der Waals surface area contributed by atoms with Gasteiger partial charge in [0, 0.05) is 32.4 Å². The van der Waals surface area contributed by atoms with Crippen molar-refractivity contribution in [3.05, 3.63) is 53.6 Å². The van der Waals surface area contributed by atoms with Crippen LogP contribution < -0.4 is 9.47 Å². The molecule has 2 saturated heterocycles. The average molecular weight is 455 g/mol. The highest BCUT2D eigenvalue weighted by Gasteiger charge is 2.41. The second-order valence-corrected chi connectivity index (χ2v) is 8.92. The lowest BCUT2D eigenvalue weighted by Crippen LogP contribution is -2.51. The van der Waals surface area contributed by atoms with Crippen LogP contribution in [0.25, 0.3) is 0 Å². The Balaban J connectivity index is 1.27. The normalized spacial score (nSPS) is 19.9. The third-order valence-electron chi connectivity index (χ3n) is 6.81. The first-order chi connectivity index (χ1) is 16.1. The van der Waals surface area contributed by atoms with Gasteiger partial charge in [-0.25, -0.2) is 0 Å². The van der Waals surface area contributed by atoms with Gasteiger partial charge in [0.15, 0.2) is 0 Å². The molecule has 7 nitrogen and oxygen atoms in total. The van der Waals surface area contributed by atoms with Crippen LogP contribution in [0.1, 0.15) is 48.0 Å². The zero-order chi connectivity index (χ0) is 23.1. The summed E-state index contributed by atoms with van der Waals surface area (Å²) < 4.78 is 22.7. The molecule has 178 valence electrons. The van der Waals surface area contributed by atoms with Crippen molar-refractivity contribution in [1.29, 1.82) is 0 Å². The molecule has 2 aliphatic rings. The zero-order valence-electron chi connectivity index (χ0n) is 19.6. The summed E-state index contributed by atoms with van der Waals surface area (Å²) in [6.07, 6.45) is 4.87. The summed E-state index contributed by atoms with van der Waals surface area (Å²) >= 11 is 0. The highest BCUT2D eigenvalue weighted by atomic mass is 16.5. The Morgan fingerprint density at radius 1 is 1.12 bits per heavy atom. The third kappa shape index (κ3) is 5.84. The van der Waals surface area contributed by atoms with Crippen LogP contribution in [-0.2, 0) is 16.1 Å². The molecule has 1 aromatic heterocycles. The Morgan fingerprint density at radius 2 is 1.91 bits per heavy atom. The second-order valence-electron chi connectivity index (χ2n) is 8.92. The molecule has 1 spiro atoms. The molecular weight excluding hydrogens is 420 g/mol. The molecule has 3 heterocycles. The maximum atomic E-state index is 13.1. The number of rotatable bonds is 8. The molecule has 2 fully saturated rings. The van der Waals surface area contributed by atoms with Crippen LogP contribution in [0.15, 0.2) is 42.5 Å². The Labute approximate surface area is 196 Å². The number of likely N-dealkylation sites (tertiary alicyclic amines) is 1.